The van der Waals surface area contributed by atoms with Gasteiger partial charge < -0.3 is 10.6 Å². The molecule has 27 heavy (non-hydrogen) atoms. The molecule has 3 rings (SSSR count). The predicted molar refractivity (Wildman–Crippen MR) is 104 cm³/mol. The van der Waals surface area contributed by atoms with Crippen LogP contribution in [0.1, 0.15) is 22.3 Å². The van der Waals surface area contributed by atoms with Gasteiger partial charge >= 0.3 is 0 Å². The van der Waals surface area contributed by atoms with E-state index in [-0.39, 0.29) is 34.9 Å². The molecule has 0 bridgehead atoms. The smallest absolute Gasteiger partial charge is 0.262 e. The van der Waals surface area contributed by atoms with Gasteiger partial charge in [0.1, 0.15) is 5.82 Å². The first-order chi connectivity index (χ1) is 12.3. The van der Waals surface area contributed by atoms with Gasteiger partial charge in [0.05, 0.1) is 10.6 Å². The minimum atomic E-state index is -4.03. The molecule has 1 heterocycles. The number of halogens is 2. The maximum absolute atomic E-state index is 13.7. The number of carbonyl (C=O) groups excluding carboxylic acids is 1. The molecule has 9 heteroatoms. The highest BCUT2D eigenvalue weighted by molar-refractivity contribution is 7.92. The Morgan fingerprint density at radius 2 is 1.96 bits per heavy atom. The summed E-state index contributed by atoms with van der Waals surface area (Å²) >= 11 is 0. The van der Waals surface area contributed by atoms with E-state index in [2.05, 4.69) is 4.72 Å². The van der Waals surface area contributed by atoms with Crippen LogP contribution < -0.4 is 10.5 Å². The molecule has 1 aliphatic rings. The number of hydrogen-bond donors (Lipinski definition) is 2. The molecule has 0 unspecified atom stereocenters. The predicted octanol–water partition coefficient (Wildman–Crippen LogP) is 2.53. The fraction of sp³-hybridized carbons (Fsp3) is 0.278. The topological polar surface area (TPSA) is 92.5 Å². The number of sulfonamides is 1. The summed E-state index contributed by atoms with van der Waals surface area (Å²) in [6.07, 6.45) is 0.720. The summed E-state index contributed by atoms with van der Waals surface area (Å²) in [5.74, 6) is -0.927. The van der Waals surface area contributed by atoms with Crippen LogP contribution >= 0.6 is 12.4 Å². The molecule has 1 amide bonds. The van der Waals surface area contributed by atoms with Crippen molar-refractivity contribution in [3.8, 4) is 0 Å². The van der Waals surface area contributed by atoms with Crippen LogP contribution in [-0.2, 0) is 10.0 Å². The number of hydrogen-bond acceptors (Lipinski definition) is 4. The summed E-state index contributed by atoms with van der Waals surface area (Å²) < 4.78 is 41.1. The van der Waals surface area contributed by atoms with E-state index in [4.69, 9.17) is 5.73 Å². The minimum Gasteiger partial charge on any atom is -0.337 e. The summed E-state index contributed by atoms with van der Waals surface area (Å²) in [6.45, 7) is 2.73. The Kier molecular flexibility index (Phi) is 6.46. The van der Waals surface area contributed by atoms with E-state index in [1.54, 1.807) is 17.9 Å². The number of nitrogens with zero attached hydrogens (tertiary/aromatic N) is 1. The zero-order chi connectivity index (χ0) is 18.9. The Balaban J connectivity index is 0.00000261. The first kappa shape index (κ1) is 21.1. The number of likely N-dealkylation sites (tertiary alicyclic amines) is 1. The van der Waals surface area contributed by atoms with Gasteiger partial charge in [-0.3, -0.25) is 9.52 Å². The number of para-hydroxylation sites is 1. The molecule has 1 atom stereocenters. The molecule has 1 fully saturated rings. The van der Waals surface area contributed by atoms with Crippen molar-refractivity contribution >= 4 is 34.0 Å². The van der Waals surface area contributed by atoms with Gasteiger partial charge in [0, 0.05) is 24.7 Å². The van der Waals surface area contributed by atoms with E-state index in [0.717, 1.165) is 6.42 Å². The molecule has 0 aromatic heterocycles. The van der Waals surface area contributed by atoms with Crippen molar-refractivity contribution in [1.29, 1.82) is 0 Å². The Hall–Kier alpha value is -2.16. The van der Waals surface area contributed by atoms with E-state index in [0.29, 0.717) is 24.2 Å². The molecule has 1 aliphatic heterocycles. The molecule has 2 aromatic rings. The number of rotatable bonds is 4. The summed E-state index contributed by atoms with van der Waals surface area (Å²) in [7, 11) is -4.03. The molecule has 2 aromatic carbocycles. The van der Waals surface area contributed by atoms with Crippen LogP contribution in [0.5, 0.6) is 0 Å². The molecule has 3 N–H and O–H groups in total. The second-order valence-corrected chi connectivity index (χ2v) is 8.04. The third-order valence-electron chi connectivity index (χ3n) is 4.38. The summed E-state index contributed by atoms with van der Waals surface area (Å²) in [5, 5.41) is 0. The molecule has 0 radical (unpaired) electrons. The van der Waals surface area contributed by atoms with Gasteiger partial charge in [0.2, 0.25) is 0 Å². The molecule has 146 valence electrons. The highest BCUT2D eigenvalue weighted by atomic mass is 35.5. The quantitative estimate of drug-likeness (QED) is 0.805. The monoisotopic (exact) mass is 413 g/mol. The van der Waals surface area contributed by atoms with E-state index in [1.165, 1.54) is 36.4 Å². The Morgan fingerprint density at radius 3 is 2.59 bits per heavy atom. The third kappa shape index (κ3) is 4.58. The van der Waals surface area contributed by atoms with Crippen LogP contribution in [0.15, 0.2) is 47.4 Å². The second-order valence-electron chi connectivity index (χ2n) is 6.36. The van der Waals surface area contributed by atoms with Crippen molar-refractivity contribution in [3.63, 3.8) is 0 Å². The summed E-state index contributed by atoms with van der Waals surface area (Å²) in [5.41, 5.74) is 6.66. The maximum atomic E-state index is 13.7. The first-order valence-corrected chi connectivity index (χ1v) is 9.69. The van der Waals surface area contributed by atoms with Crippen molar-refractivity contribution in [2.75, 3.05) is 17.8 Å². The number of nitrogens with one attached hydrogen (secondary N) is 1. The van der Waals surface area contributed by atoms with Crippen LogP contribution in [0, 0.1) is 12.7 Å². The fourth-order valence-electron chi connectivity index (χ4n) is 2.89. The van der Waals surface area contributed by atoms with Crippen LogP contribution in [-0.4, -0.2) is 38.4 Å². The maximum Gasteiger partial charge on any atom is 0.262 e. The number of anilines is 1. The van der Waals surface area contributed by atoms with Crippen molar-refractivity contribution < 1.29 is 17.6 Å². The second kappa shape index (κ2) is 8.24. The van der Waals surface area contributed by atoms with Crippen molar-refractivity contribution in [3.05, 3.63) is 59.4 Å². The highest BCUT2D eigenvalue weighted by Crippen LogP contribution is 2.23. The molecular formula is C18H21ClFN3O3S. The van der Waals surface area contributed by atoms with E-state index < -0.39 is 15.8 Å². The number of carbonyl (C=O) groups is 1. The highest BCUT2D eigenvalue weighted by Gasteiger charge is 2.27. The van der Waals surface area contributed by atoms with Crippen LogP contribution in [0.4, 0.5) is 10.1 Å². The lowest BCUT2D eigenvalue weighted by Crippen LogP contribution is -2.32. The first-order valence-electron chi connectivity index (χ1n) is 8.21. The van der Waals surface area contributed by atoms with Gasteiger partial charge in [-0.1, -0.05) is 18.2 Å². The zero-order valence-electron chi connectivity index (χ0n) is 14.7. The molecular weight excluding hydrogens is 393 g/mol. The zero-order valence-corrected chi connectivity index (χ0v) is 16.3. The van der Waals surface area contributed by atoms with E-state index >= 15 is 0 Å². The molecule has 6 nitrogen and oxygen atoms in total. The van der Waals surface area contributed by atoms with Crippen molar-refractivity contribution in [2.24, 2.45) is 5.73 Å². The largest absolute Gasteiger partial charge is 0.337 e. The Bertz CT molecular complexity index is 953. The Labute approximate surface area is 164 Å². The minimum absolute atomic E-state index is 0. The molecule has 0 aliphatic carbocycles. The van der Waals surface area contributed by atoms with Crippen molar-refractivity contribution in [2.45, 2.75) is 24.3 Å². The van der Waals surface area contributed by atoms with Crippen LogP contribution in [0.3, 0.4) is 0 Å². The van der Waals surface area contributed by atoms with Crippen molar-refractivity contribution in [1.82, 2.24) is 4.90 Å². The van der Waals surface area contributed by atoms with E-state index in [1.807, 2.05) is 0 Å². The normalized spacial score (nSPS) is 16.7. The molecule has 0 spiro atoms. The lowest BCUT2D eigenvalue weighted by atomic mass is 10.1. The average molecular weight is 414 g/mol. The van der Waals surface area contributed by atoms with Gasteiger partial charge in [-0.15, -0.1) is 12.4 Å². The van der Waals surface area contributed by atoms with Gasteiger partial charge in [-0.2, -0.15) is 0 Å². The SMILES string of the molecule is Cc1ccc(S(=O)(=O)Nc2ccccc2F)cc1C(=O)N1CC[C@@H](N)C1.Cl. The van der Waals surface area contributed by atoms with Gasteiger partial charge in [-0.05, 0) is 43.2 Å². The number of aryl methyl sites for hydroxylation is 1. The Morgan fingerprint density at radius 1 is 1.26 bits per heavy atom. The number of nitrogens with two attached hydrogens (primary N) is 1. The fourth-order valence-corrected chi connectivity index (χ4v) is 3.98. The van der Waals surface area contributed by atoms with Gasteiger partial charge in [-0.25, -0.2) is 12.8 Å². The third-order valence-corrected chi connectivity index (χ3v) is 5.74. The van der Waals surface area contributed by atoms with Crippen LogP contribution in [0.2, 0.25) is 0 Å². The summed E-state index contributed by atoms with van der Waals surface area (Å²) in [4.78, 5) is 14.2. The van der Waals surface area contributed by atoms with E-state index in [9.17, 15) is 17.6 Å². The standard InChI is InChI=1S/C18H20FN3O3S.ClH/c1-12-6-7-14(10-15(12)18(23)22-9-8-13(20)11-22)26(24,25)21-17-5-3-2-4-16(17)19;/h2-7,10,13,21H,8-9,11,20H2,1H3;1H/t13-;/m1./s1. The number of benzene rings is 2. The lowest BCUT2D eigenvalue weighted by molar-refractivity contribution is 0.0790. The average Bonchev–Trinajstić information content (AvgIpc) is 3.03. The van der Waals surface area contributed by atoms with Gasteiger partial charge in [0.15, 0.2) is 0 Å². The number of amides is 1. The van der Waals surface area contributed by atoms with Crippen LogP contribution in [0.25, 0.3) is 0 Å². The summed E-state index contributed by atoms with van der Waals surface area (Å²) in [6, 6.07) is 9.72. The lowest BCUT2D eigenvalue weighted by Gasteiger charge is -2.18. The molecule has 0 saturated carbocycles. The molecule has 1 saturated heterocycles. The van der Waals surface area contributed by atoms with Gasteiger partial charge in [0.25, 0.3) is 15.9 Å².